The molecule has 0 nitrogen and oxygen atoms in total. The topological polar surface area (TPSA) is 0 Å². The average molecular weight is 351 g/mol. The van der Waals surface area contributed by atoms with Crippen LogP contribution in [0.2, 0.25) is 0 Å². The van der Waals surface area contributed by atoms with Gasteiger partial charge in [0, 0.05) is 9.15 Å². The van der Waals surface area contributed by atoms with Crippen LogP contribution in [0.1, 0.15) is 52.9 Å². The van der Waals surface area contributed by atoms with E-state index in [4.69, 9.17) is 11.6 Å². The van der Waals surface area contributed by atoms with Crippen molar-refractivity contribution in [2.24, 2.45) is 0 Å². The molecule has 0 saturated carbocycles. The Hall–Kier alpha value is 0.240. The first-order valence-corrected chi connectivity index (χ1v) is 7.61. The normalized spacial score (nSPS) is 18.1. The van der Waals surface area contributed by atoms with Gasteiger partial charge in [-0.05, 0) is 47.4 Å². The molecule has 0 aromatic carbocycles. The third kappa shape index (κ3) is 2.92. The highest BCUT2D eigenvalue weighted by Crippen LogP contribution is 2.48. The third-order valence-corrected chi connectivity index (χ3v) is 4.85. The molecule has 0 unspecified atom stereocenters. The van der Waals surface area contributed by atoms with Crippen LogP contribution in [-0.2, 0) is 0 Å². The number of halogens is 2. The Morgan fingerprint density at radius 2 is 1.88 bits per heavy atom. The Balaban J connectivity index is 2.94. The molecule has 0 saturated heterocycles. The zero-order chi connectivity index (χ0) is 12.1. The standard InChI is InChI=1S/C14H20ClI/c1-4-7-8-9-11-12(10(5-2)6-3)13(15)14(11)16/h9H,4-8H2,1-3H3/b11-9+. The van der Waals surface area contributed by atoms with E-state index in [1.807, 2.05) is 0 Å². The van der Waals surface area contributed by atoms with Crippen molar-refractivity contribution in [2.45, 2.75) is 52.9 Å². The van der Waals surface area contributed by atoms with Crippen molar-refractivity contribution in [3.05, 3.63) is 31.4 Å². The van der Waals surface area contributed by atoms with Crippen LogP contribution in [0.15, 0.2) is 31.4 Å². The van der Waals surface area contributed by atoms with Crippen molar-refractivity contribution in [3.8, 4) is 0 Å². The van der Waals surface area contributed by atoms with E-state index in [0.717, 1.165) is 17.9 Å². The van der Waals surface area contributed by atoms with Gasteiger partial charge in [0.1, 0.15) is 0 Å². The van der Waals surface area contributed by atoms with Crippen LogP contribution in [0.4, 0.5) is 0 Å². The zero-order valence-electron chi connectivity index (χ0n) is 10.4. The van der Waals surface area contributed by atoms with Gasteiger partial charge >= 0.3 is 0 Å². The summed E-state index contributed by atoms with van der Waals surface area (Å²) in [5.41, 5.74) is 4.23. The quantitative estimate of drug-likeness (QED) is 0.414. The molecule has 0 aromatic rings. The molecule has 1 aliphatic carbocycles. The largest absolute Gasteiger partial charge is 0.0825 e. The van der Waals surface area contributed by atoms with Gasteiger partial charge in [-0.2, -0.15) is 0 Å². The first-order valence-electron chi connectivity index (χ1n) is 6.15. The van der Waals surface area contributed by atoms with Crippen molar-refractivity contribution < 1.29 is 0 Å². The summed E-state index contributed by atoms with van der Waals surface area (Å²) in [5, 5.41) is 0.988. The van der Waals surface area contributed by atoms with Gasteiger partial charge in [0.2, 0.25) is 0 Å². The maximum Gasteiger partial charge on any atom is 0.0623 e. The third-order valence-electron chi connectivity index (χ3n) is 3.03. The van der Waals surface area contributed by atoms with Crippen LogP contribution in [0.5, 0.6) is 0 Å². The molecule has 0 radical (unpaired) electrons. The average Bonchev–Trinajstić information content (AvgIpc) is 2.32. The van der Waals surface area contributed by atoms with Crippen molar-refractivity contribution >= 4 is 34.2 Å². The van der Waals surface area contributed by atoms with Crippen molar-refractivity contribution in [2.75, 3.05) is 0 Å². The molecule has 0 spiro atoms. The smallest absolute Gasteiger partial charge is 0.0623 e. The lowest BCUT2D eigenvalue weighted by Crippen LogP contribution is -2.08. The first kappa shape index (κ1) is 14.3. The predicted molar refractivity (Wildman–Crippen MR) is 82.1 cm³/mol. The van der Waals surface area contributed by atoms with Gasteiger partial charge in [-0.25, -0.2) is 0 Å². The van der Waals surface area contributed by atoms with Gasteiger partial charge in [0.15, 0.2) is 0 Å². The fourth-order valence-electron chi connectivity index (χ4n) is 1.98. The summed E-state index contributed by atoms with van der Waals surface area (Å²) in [4.78, 5) is 0. The van der Waals surface area contributed by atoms with Crippen molar-refractivity contribution in [1.29, 1.82) is 0 Å². The number of allylic oxidation sites excluding steroid dienone is 6. The minimum absolute atomic E-state index is 0.988. The van der Waals surface area contributed by atoms with E-state index in [2.05, 4.69) is 49.4 Å². The molecule has 0 aromatic heterocycles. The fraction of sp³-hybridized carbons (Fsp3) is 0.571. The molecule has 90 valence electrons. The molecular formula is C14H20ClI. The predicted octanol–water partition coefficient (Wildman–Crippen LogP) is 6.12. The van der Waals surface area contributed by atoms with E-state index in [1.165, 1.54) is 39.6 Å². The van der Waals surface area contributed by atoms with E-state index >= 15 is 0 Å². The molecule has 16 heavy (non-hydrogen) atoms. The highest BCUT2D eigenvalue weighted by Gasteiger charge is 2.27. The maximum atomic E-state index is 6.30. The Bertz CT molecular complexity index is 342. The summed E-state index contributed by atoms with van der Waals surface area (Å²) in [6, 6.07) is 0. The molecule has 0 aliphatic heterocycles. The van der Waals surface area contributed by atoms with Gasteiger partial charge < -0.3 is 0 Å². The second-order valence-corrected chi connectivity index (χ2v) is 5.53. The van der Waals surface area contributed by atoms with Gasteiger partial charge in [0.05, 0.1) is 5.03 Å². The Labute approximate surface area is 118 Å². The summed E-state index contributed by atoms with van der Waals surface area (Å²) < 4.78 is 1.25. The number of unbranched alkanes of at least 4 members (excludes halogenated alkanes) is 2. The van der Waals surface area contributed by atoms with E-state index in [1.54, 1.807) is 0 Å². The van der Waals surface area contributed by atoms with Crippen LogP contribution in [0, 0.1) is 0 Å². The lowest BCUT2D eigenvalue weighted by Gasteiger charge is -2.26. The second-order valence-electron chi connectivity index (χ2n) is 4.07. The van der Waals surface area contributed by atoms with Crippen molar-refractivity contribution in [1.82, 2.24) is 0 Å². The minimum Gasteiger partial charge on any atom is -0.0825 e. The second kappa shape index (κ2) is 6.85. The van der Waals surface area contributed by atoms with Gasteiger partial charge in [-0.15, -0.1) is 0 Å². The van der Waals surface area contributed by atoms with Crippen molar-refractivity contribution in [3.63, 3.8) is 0 Å². The molecule has 1 rings (SSSR count). The lowest BCUT2D eigenvalue weighted by atomic mass is 9.87. The minimum atomic E-state index is 0.988. The molecule has 1 aliphatic rings. The van der Waals surface area contributed by atoms with Crippen LogP contribution >= 0.6 is 34.2 Å². The van der Waals surface area contributed by atoms with Gasteiger partial charge in [-0.1, -0.05) is 56.9 Å². The molecule has 0 N–H and O–H groups in total. The summed E-state index contributed by atoms with van der Waals surface area (Å²) in [7, 11) is 0. The van der Waals surface area contributed by atoms with Crippen LogP contribution in [-0.4, -0.2) is 0 Å². The molecule has 2 heteroatoms. The van der Waals surface area contributed by atoms with Crippen LogP contribution in [0.25, 0.3) is 0 Å². The maximum absolute atomic E-state index is 6.30. The Morgan fingerprint density at radius 3 is 2.38 bits per heavy atom. The molecule has 0 heterocycles. The number of hydrogen-bond acceptors (Lipinski definition) is 0. The summed E-state index contributed by atoms with van der Waals surface area (Å²) in [6.45, 7) is 6.66. The van der Waals surface area contributed by atoms with Gasteiger partial charge in [-0.3, -0.25) is 0 Å². The fourth-order valence-corrected chi connectivity index (χ4v) is 3.08. The number of rotatable bonds is 5. The van der Waals surface area contributed by atoms with Gasteiger partial charge in [0.25, 0.3) is 0 Å². The molecule has 0 amide bonds. The summed E-state index contributed by atoms with van der Waals surface area (Å²) in [5.74, 6) is 0. The summed E-state index contributed by atoms with van der Waals surface area (Å²) >= 11 is 8.66. The van der Waals surface area contributed by atoms with E-state index < -0.39 is 0 Å². The molecule has 0 atom stereocenters. The SMILES string of the molecule is CCCC/C=C1/C(I)=C(Cl)C1=C(CC)CC. The van der Waals surface area contributed by atoms with E-state index in [9.17, 15) is 0 Å². The monoisotopic (exact) mass is 350 g/mol. The van der Waals surface area contributed by atoms with E-state index in [0.29, 0.717) is 0 Å². The lowest BCUT2D eigenvalue weighted by molar-refractivity contribution is 0.811. The summed E-state index contributed by atoms with van der Waals surface area (Å²) in [6.07, 6.45) is 8.27. The first-order chi connectivity index (χ1) is 7.67. The van der Waals surface area contributed by atoms with E-state index in [-0.39, 0.29) is 0 Å². The number of hydrogen-bond donors (Lipinski definition) is 0. The van der Waals surface area contributed by atoms with Crippen LogP contribution < -0.4 is 0 Å². The highest BCUT2D eigenvalue weighted by molar-refractivity contribution is 14.1. The molecule has 0 fully saturated rings. The molecule has 0 bridgehead atoms. The van der Waals surface area contributed by atoms with Crippen LogP contribution in [0.3, 0.4) is 0 Å². The Kier molecular flexibility index (Phi) is 6.12. The molecular weight excluding hydrogens is 331 g/mol. The Morgan fingerprint density at radius 1 is 1.25 bits per heavy atom. The highest BCUT2D eigenvalue weighted by atomic mass is 127. The zero-order valence-corrected chi connectivity index (χ0v) is 13.3.